The molecule has 112 valence electrons. The van der Waals surface area contributed by atoms with Gasteiger partial charge in [-0.2, -0.15) is 0 Å². The van der Waals surface area contributed by atoms with Crippen LogP contribution in [0.2, 0.25) is 0 Å². The maximum absolute atomic E-state index is 5.14. The third-order valence-electron chi connectivity index (χ3n) is 4.46. The molecule has 1 saturated carbocycles. The fourth-order valence-electron chi connectivity index (χ4n) is 2.92. The highest BCUT2D eigenvalue weighted by molar-refractivity contribution is 5.26. The Morgan fingerprint density at radius 2 is 1.90 bits per heavy atom. The lowest BCUT2D eigenvalue weighted by Gasteiger charge is -2.39. The predicted molar refractivity (Wildman–Crippen MR) is 83.8 cm³/mol. The molecule has 1 aliphatic carbocycles. The molecule has 1 N–H and O–H groups in total. The molecule has 0 bridgehead atoms. The molecule has 1 atom stereocenters. The number of ether oxygens (including phenoxy) is 1. The van der Waals surface area contributed by atoms with Gasteiger partial charge in [-0.1, -0.05) is 38.1 Å². The smallest absolute Gasteiger partial charge is 0.0713 e. The first kappa shape index (κ1) is 15.5. The number of benzene rings is 1. The van der Waals surface area contributed by atoms with Gasteiger partial charge in [-0.05, 0) is 31.0 Å². The van der Waals surface area contributed by atoms with Gasteiger partial charge < -0.3 is 10.1 Å². The van der Waals surface area contributed by atoms with Gasteiger partial charge in [-0.25, -0.2) is 0 Å². The Bertz CT molecular complexity index is 412. The van der Waals surface area contributed by atoms with Crippen LogP contribution in [0, 0.1) is 0 Å². The number of hydrogen-bond acceptors (Lipinski definition) is 3. The van der Waals surface area contributed by atoms with Crippen LogP contribution in [-0.2, 0) is 11.3 Å². The Balaban J connectivity index is 0.000000704. The Hall–Kier alpha value is -0.900. The Morgan fingerprint density at radius 1 is 1.25 bits per heavy atom. The normalized spacial score (nSPS) is 24.1. The molecular formula is C17H28N2O. The first-order valence-electron chi connectivity index (χ1n) is 7.76. The summed E-state index contributed by atoms with van der Waals surface area (Å²) in [5.74, 6) is 0. The topological polar surface area (TPSA) is 24.5 Å². The average molecular weight is 276 g/mol. The van der Waals surface area contributed by atoms with Gasteiger partial charge in [-0.3, -0.25) is 4.90 Å². The van der Waals surface area contributed by atoms with Crippen molar-refractivity contribution in [1.29, 1.82) is 0 Å². The number of methoxy groups -OCH3 is 1. The van der Waals surface area contributed by atoms with E-state index < -0.39 is 0 Å². The fourth-order valence-corrected chi connectivity index (χ4v) is 2.92. The minimum absolute atomic E-state index is 0.470. The summed E-state index contributed by atoms with van der Waals surface area (Å²) in [4.78, 5) is 2.54. The van der Waals surface area contributed by atoms with E-state index in [1.807, 2.05) is 13.8 Å². The summed E-state index contributed by atoms with van der Waals surface area (Å²) in [6.07, 6.45) is 2.71. The number of nitrogens with one attached hydrogen (secondary N) is 1. The van der Waals surface area contributed by atoms with Crippen molar-refractivity contribution in [2.75, 3.05) is 27.2 Å². The average Bonchev–Trinajstić information content (AvgIpc) is 3.27. The second kappa shape index (κ2) is 6.70. The summed E-state index contributed by atoms with van der Waals surface area (Å²) in [5.41, 5.74) is 3.12. The van der Waals surface area contributed by atoms with Gasteiger partial charge in [0.2, 0.25) is 0 Å². The van der Waals surface area contributed by atoms with E-state index in [-0.39, 0.29) is 0 Å². The van der Waals surface area contributed by atoms with Crippen LogP contribution in [0.5, 0.6) is 0 Å². The van der Waals surface area contributed by atoms with E-state index in [2.05, 4.69) is 41.5 Å². The van der Waals surface area contributed by atoms with Crippen molar-refractivity contribution in [2.24, 2.45) is 0 Å². The molecule has 20 heavy (non-hydrogen) atoms. The van der Waals surface area contributed by atoms with Crippen LogP contribution in [0.15, 0.2) is 24.3 Å². The Morgan fingerprint density at radius 3 is 2.40 bits per heavy atom. The molecule has 1 aromatic rings. The van der Waals surface area contributed by atoms with E-state index in [4.69, 9.17) is 4.74 Å². The highest BCUT2D eigenvalue weighted by atomic mass is 16.5. The van der Waals surface area contributed by atoms with E-state index in [1.54, 1.807) is 7.11 Å². The van der Waals surface area contributed by atoms with Gasteiger partial charge in [-0.15, -0.1) is 0 Å². The van der Waals surface area contributed by atoms with Crippen molar-refractivity contribution in [3.05, 3.63) is 35.4 Å². The van der Waals surface area contributed by atoms with Crippen molar-refractivity contribution in [1.82, 2.24) is 10.2 Å². The van der Waals surface area contributed by atoms with Gasteiger partial charge >= 0.3 is 0 Å². The summed E-state index contributed by atoms with van der Waals surface area (Å²) >= 11 is 0. The molecule has 1 heterocycles. The maximum atomic E-state index is 5.14. The molecule has 2 fully saturated rings. The quantitative estimate of drug-likeness (QED) is 0.918. The molecule has 0 amide bonds. The standard InChI is InChI=1S/C15H22N2O.C2H6/c1-17-9-14(16-11-15(17)7-8-15)13-5-3-12(4-6-13)10-18-2;1-2/h3-6,14,16H,7-11H2,1-2H3;1-2H3. The SMILES string of the molecule is CC.COCc1ccc(C2CN(C)C3(CC3)CN2)cc1. The molecule has 1 spiro atoms. The van der Waals surface area contributed by atoms with Crippen molar-refractivity contribution in [3.63, 3.8) is 0 Å². The summed E-state index contributed by atoms with van der Waals surface area (Å²) in [6.45, 7) is 6.94. The van der Waals surface area contributed by atoms with Crippen LogP contribution in [0.1, 0.15) is 43.9 Å². The predicted octanol–water partition coefficient (Wildman–Crippen LogP) is 2.97. The van der Waals surface area contributed by atoms with E-state index in [9.17, 15) is 0 Å². The zero-order chi connectivity index (χ0) is 14.6. The number of nitrogens with zero attached hydrogens (tertiary/aromatic N) is 1. The van der Waals surface area contributed by atoms with E-state index >= 15 is 0 Å². The first-order chi connectivity index (χ1) is 9.73. The van der Waals surface area contributed by atoms with Crippen molar-refractivity contribution in [2.45, 2.75) is 44.9 Å². The van der Waals surface area contributed by atoms with Gasteiger partial charge in [0.1, 0.15) is 0 Å². The van der Waals surface area contributed by atoms with E-state index in [0.717, 1.165) is 13.1 Å². The second-order valence-electron chi connectivity index (χ2n) is 5.71. The maximum Gasteiger partial charge on any atom is 0.0713 e. The number of hydrogen-bond donors (Lipinski definition) is 1. The largest absolute Gasteiger partial charge is 0.380 e. The molecular weight excluding hydrogens is 248 g/mol. The molecule has 3 heteroatoms. The molecule has 2 aliphatic rings. The Labute approximate surface area is 123 Å². The van der Waals surface area contributed by atoms with Crippen LogP contribution >= 0.6 is 0 Å². The van der Waals surface area contributed by atoms with Crippen molar-refractivity contribution in [3.8, 4) is 0 Å². The zero-order valence-electron chi connectivity index (χ0n) is 13.3. The van der Waals surface area contributed by atoms with E-state index in [0.29, 0.717) is 18.2 Å². The van der Waals surface area contributed by atoms with Crippen LogP contribution < -0.4 is 5.32 Å². The van der Waals surface area contributed by atoms with Crippen LogP contribution in [0.25, 0.3) is 0 Å². The number of likely N-dealkylation sites (N-methyl/N-ethyl adjacent to an activating group) is 1. The third kappa shape index (κ3) is 3.22. The minimum atomic E-state index is 0.470. The molecule has 1 unspecified atom stereocenters. The summed E-state index contributed by atoms with van der Waals surface area (Å²) in [6, 6.07) is 9.26. The molecule has 3 rings (SSSR count). The lowest BCUT2D eigenvalue weighted by Crippen LogP contribution is -2.52. The molecule has 1 aromatic carbocycles. The lowest BCUT2D eigenvalue weighted by atomic mass is 10.0. The molecule has 0 aromatic heterocycles. The second-order valence-corrected chi connectivity index (χ2v) is 5.71. The fraction of sp³-hybridized carbons (Fsp3) is 0.647. The van der Waals surface area contributed by atoms with Gasteiger partial charge in [0.15, 0.2) is 0 Å². The van der Waals surface area contributed by atoms with Crippen molar-refractivity contribution < 1.29 is 4.74 Å². The molecule has 1 saturated heterocycles. The number of piperazine rings is 1. The third-order valence-corrected chi connectivity index (χ3v) is 4.46. The van der Waals surface area contributed by atoms with Gasteiger partial charge in [0.25, 0.3) is 0 Å². The molecule has 0 radical (unpaired) electrons. The monoisotopic (exact) mass is 276 g/mol. The van der Waals surface area contributed by atoms with Crippen LogP contribution in [-0.4, -0.2) is 37.7 Å². The van der Waals surface area contributed by atoms with Crippen LogP contribution in [0.3, 0.4) is 0 Å². The van der Waals surface area contributed by atoms with Crippen molar-refractivity contribution >= 4 is 0 Å². The van der Waals surface area contributed by atoms with Crippen LogP contribution in [0.4, 0.5) is 0 Å². The lowest BCUT2D eigenvalue weighted by molar-refractivity contribution is 0.145. The summed E-state index contributed by atoms with van der Waals surface area (Å²) in [7, 11) is 4.00. The van der Waals surface area contributed by atoms with Gasteiger partial charge in [0.05, 0.1) is 6.61 Å². The molecule has 3 nitrogen and oxygen atoms in total. The Kier molecular flexibility index (Phi) is 5.19. The molecule has 1 aliphatic heterocycles. The summed E-state index contributed by atoms with van der Waals surface area (Å²) in [5, 5.41) is 3.70. The number of rotatable bonds is 3. The highest BCUT2D eigenvalue weighted by Crippen LogP contribution is 2.43. The first-order valence-corrected chi connectivity index (χ1v) is 7.76. The zero-order valence-corrected chi connectivity index (χ0v) is 13.3. The van der Waals surface area contributed by atoms with Gasteiger partial charge in [0, 0.05) is 31.8 Å². The highest BCUT2D eigenvalue weighted by Gasteiger charge is 2.49. The summed E-state index contributed by atoms with van der Waals surface area (Å²) < 4.78 is 5.14. The van der Waals surface area contributed by atoms with E-state index in [1.165, 1.54) is 24.0 Å². The minimum Gasteiger partial charge on any atom is -0.380 e.